The predicted molar refractivity (Wildman–Crippen MR) is 84.4 cm³/mol. The van der Waals surface area contributed by atoms with Crippen LogP contribution in [0.25, 0.3) is 0 Å². The Bertz CT molecular complexity index is 654. The molecule has 3 heteroatoms. The number of carbonyl (C=O) groups excluding carboxylic acids is 1. The van der Waals surface area contributed by atoms with Crippen LogP contribution in [0.5, 0.6) is 0 Å². The Hall–Kier alpha value is -2.57. The van der Waals surface area contributed by atoms with Crippen molar-refractivity contribution in [3.8, 4) is 11.8 Å². The Morgan fingerprint density at radius 2 is 1.76 bits per heavy atom. The highest BCUT2D eigenvalue weighted by Gasteiger charge is 2.04. The number of benzene rings is 2. The molecular weight excluding hydrogens is 260 g/mol. The predicted octanol–water partition coefficient (Wildman–Crippen LogP) is 1.86. The maximum atomic E-state index is 11.9. The van der Waals surface area contributed by atoms with E-state index in [4.69, 9.17) is 5.73 Å². The van der Waals surface area contributed by atoms with Crippen LogP contribution in [0.1, 0.15) is 16.7 Å². The average molecular weight is 278 g/mol. The summed E-state index contributed by atoms with van der Waals surface area (Å²) in [7, 11) is 0. The third-order valence-corrected chi connectivity index (χ3v) is 3.03. The maximum absolute atomic E-state index is 11.9. The summed E-state index contributed by atoms with van der Waals surface area (Å²) in [5, 5.41) is 2.93. The molecular formula is C18H18N2O. The van der Waals surface area contributed by atoms with Gasteiger partial charge in [-0.25, -0.2) is 0 Å². The molecule has 2 rings (SSSR count). The summed E-state index contributed by atoms with van der Waals surface area (Å²) in [5.74, 6) is 5.86. The number of rotatable bonds is 4. The second kappa shape index (κ2) is 7.88. The third kappa shape index (κ3) is 4.79. The first-order chi connectivity index (χ1) is 10.3. The Morgan fingerprint density at radius 1 is 1.05 bits per heavy atom. The molecule has 0 radical (unpaired) electrons. The highest BCUT2D eigenvalue weighted by Crippen LogP contribution is 2.07. The Balaban J connectivity index is 1.95. The molecule has 0 fully saturated rings. The molecule has 3 N–H and O–H groups in total. The zero-order valence-electron chi connectivity index (χ0n) is 11.8. The maximum Gasteiger partial charge on any atom is 0.224 e. The van der Waals surface area contributed by atoms with Crippen molar-refractivity contribution in [1.82, 2.24) is 5.32 Å². The fraction of sp³-hybridized carbons (Fsp3) is 0.167. The summed E-state index contributed by atoms with van der Waals surface area (Å²) in [6.07, 6.45) is 0.386. The van der Waals surface area contributed by atoms with Gasteiger partial charge in [-0.3, -0.25) is 4.79 Å². The quantitative estimate of drug-likeness (QED) is 0.839. The largest absolute Gasteiger partial charge is 0.352 e. The van der Waals surface area contributed by atoms with Crippen LogP contribution in [0, 0.1) is 11.8 Å². The summed E-state index contributed by atoms with van der Waals surface area (Å²) >= 11 is 0. The fourth-order valence-electron chi connectivity index (χ4n) is 1.98. The number of nitrogens with two attached hydrogens (primary N) is 1. The molecule has 0 aliphatic heterocycles. The van der Waals surface area contributed by atoms with Crippen LogP contribution in [0.4, 0.5) is 0 Å². The third-order valence-electron chi connectivity index (χ3n) is 3.03. The lowest BCUT2D eigenvalue weighted by atomic mass is 10.1. The Labute approximate surface area is 125 Å². The zero-order chi connectivity index (χ0) is 14.9. The molecule has 2 aromatic rings. The van der Waals surface area contributed by atoms with Crippen molar-refractivity contribution < 1.29 is 4.79 Å². The van der Waals surface area contributed by atoms with Crippen molar-refractivity contribution in [1.29, 1.82) is 0 Å². The molecule has 0 saturated heterocycles. The molecule has 2 aromatic carbocycles. The Morgan fingerprint density at radius 3 is 2.52 bits per heavy atom. The second-order valence-electron chi connectivity index (χ2n) is 4.60. The Kier molecular flexibility index (Phi) is 5.57. The molecule has 0 aromatic heterocycles. The summed E-state index contributed by atoms with van der Waals surface area (Å²) in [6, 6.07) is 17.4. The molecule has 0 spiro atoms. The van der Waals surface area contributed by atoms with Gasteiger partial charge in [-0.2, -0.15) is 0 Å². The van der Waals surface area contributed by atoms with E-state index < -0.39 is 0 Å². The van der Waals surface area contributed by atoms with E-state index in [1.807, 2.05) is 54.6 Å². The average Bonchev–Trinajstić information content (AvgIpc) is 2.52. The monoisotopic (exact) mass is 278 g/mol. The van der Waals surface area contributed by atoms with Crippen LogP contribution >= 0.6 is 0 Å². The lowest BCUT2D eigenvalue weighted by Gasteiger charge is -2.07. The van der Waals surface area contributed by atoms with Gasteiger partial charge < -0.3 is 11.1 Å². The SMILES string of the molecule is NCC#Cc1ccccc1CNC(=O)Cc1ccccc1. The number of nitrogens with one attached hydrogen (secondary N) is 1. The van der Waals surface area contributed by atoms with Gasteiger partial charge in [0.15, 0.2) is 0 Å². The van der Waals surface area contributed by atoms with E-state index in [-0.39, 0.29) is 5.91 Å². The zero-order valence-corrected chi connectivity index (χ0v) is 11.8. The number of hydrogen-bond donors (Lipinski definition) is 2. The number of carbonyl (C=O) groups is 1. The van der Waals surface area contributed by atoms with Gasteiger partial charge in [-0.15, -0.1) is 0 Å². The van der Waals surface area contributed by atoms with Gasteiger partial charge in [-0.05, 0) is 17.2 Å². The lowest BCUT2D eigenvalue weighted by molar-refractivity contribution is -0.120. The van der Waals surface area contributed by atoms with E-state index in [0.717, 1.165) is 16.7 Å². The van der Waals surface area contributed by atoms with Gasteiger partial charge in [0.2, 0.25) is 5.91 Å². The van der Waals surface area contributed by atoms with Gasteiger partial charge in [-0.1, -0.05) is 60.4 Å². The van der Waals surface area contributed by atoms with Crippen molar-refractivity contribution >= 4 is 5.91 Å². The molecule has 21 heavy (non-hydrogen) atoms. The molecule has 0 aliphatic rings. The number of hydrogen-bond acceptors (Lipinski definition) is 2. The van der Waals surface area contributed by atoms with Crippen molar-refractivity contribution in [3.63, 3.8) is 0 Å². The molecule has 1 amide bonds. The molecule has 0 atom stereocenters. The molecule has 0 bridgehead atoms. The highest BCUT2D eigenvalue weighted by molar-refractivity contribution is 5.78. The second-order valence-corrected chi connectivity index (χ2v) is 4.60. The topological polar surface area (TPSA) is 55.1 Å². The standard InChI is InChI=1S/C18H18N2O/c19-12-6-11-16-9-4-5-10-17(16)14-20-18(21)13-15-7-2-1-3-8-15/h1-5,7-10H,12-14,19H2,(H,20,21). The van der Waals surface area contributed by atoms with E-state index in [1.54, 1.807) is 0 Å². The first kappa shape index (κ1) is 14.8. The van der Waals surface area contributed by atoms with Crippen LogP contribution in [0.15, 0.2) is 54.6 Å². The van der Waals surface area contributed by atoms with Gasteiger partial charge in [0.1, 0.15) is 0 Å². The summed E-state index contributed by atoms with van der Waals surface area (Å²) in [4.78, 5) is 11.9. The summed E-state index contributed by atoms with van der Waals surface area (Å²) in [5.41, 5.74) is 8.30. The number of amides is 1. The highest BCUT2D eigenvalue weighted by atomic mass is 16.1. The summed E-state index contributed by atoms with van der Waals surface area (Å²) in [6.45, 7) is 0.801. The van der Waals surface area contributed by atoms with Crippen LogP contribution in [0.3, 0.4) is 0 Å². The first-order valence-electron chi connectivity index (χ1n) is 6.87. The van der Waals surface area contributed by atoms with Gasteiger partial charge in [0, 0.05) is 12.1 Å². The fourth-order valence-corrected chi connectivity index (χ4v) is 1.98. The minimum absolute atomic E-state index is 0.00258. The van der Waals surface area contributed by atoms with E-state index in [1.165, 1.54) is 0 Å². The molecule has 0 saturated carbocycles. The molecule has 3 nitrogen and oxygen atoms in total. The minimum atomic E-state index is 0.00258. The smallest absolute Gasteiger partial charge is 0.224 e. The van der Waals surface area contributed by atoms with E-state index in [2.05, 4.69) is 17.2 Å². The summed E-state index contributed by atoms with van der Waals surface area (Å²) < 4.78 is 0. The molecule has 0 unspecified atom stereocenters. The molecule has 0 aliphatic carbocycles. The van der Waals surface area contributed by atoms with E-state index >= 15 is 0 Å². The van der Waals surface area contributed by atoms with Crippen molar-refractivity contribution in [2.24, 2.45) is 5.73 Å². The lowest BCUT2D eigenvalue weighted by Crippen LogP contribution is -2.24. The minimum Gasteiger partial charge on any atom is -0.352 e. The molecule has 0 heterocycles. The normalized spacial score (nSPS) is 9.57. The van der Waals surface area contributed by atoms with Crippen LogP contribution in [0.2, 0.25) is 0 Å². The van der Waals surface area contributed by atoms with Crippen molar-refractivity contribution in [2.75, 3.05) is 6.54 Å². The van der Waals surface area contributed by atoms with E-state index in [9.17, 15) is 4.79 Å². The van der Waals surface area contributed by atoms with Crippen LogP contribution in [-0.2, 0) is 17.8 Å². The van der Waals surface area contributed by atoms with Gasteiger partial charge in [0.05, 0.1) is 13.0 Å². The van der Waals surface area contributed by atoms with Crippen molar-refractivity contribution in [2.45, 2.75) is 13.0 Å². The van der Waals surface area contributed by atoms with Gasteiger partial charge in [0.25, 0.3) is 0 Å². The molecule has 106 valence electrons. The van der Waals surface area contributed by atoms with Crippen LogP contribution in [-0.4, -0.2) is 12.5 Å². The first-order valence-corrected chi connectivity index (χ1v) is 6.87. The van der Waals surface area contributed by atoms with E-state index in [0.29, 0.717) is 19.5 Å². The van der Waals surface area contributed by atoms with Crippen LogP contribution < -0.4 is 11.1 Å². The van der Waals surface area contributed by atoms with Gasteiger partial charge >= 0.3 is 0 Å². The van der Waals surface area contributed by atoms with Crippen molar-refractivity contribution in [3.05, 3.63) is 71.3 Å².